The summed E-state index contributed by atoms with van der Waals surface area (Å²) in [6.45, 7) is 0.598. The zero-order valence-electron chi connectivity index (χ0n) is 17.2. The van der Waals surface area contributed by atoms with Crippen molar-refractivity contribution in [2.45, 2.75) is 18.0 Å². The number of hydrogen-bond acceptors (Lipinski definition) is 5. The Balaban J connectivity index is 1.44. The molecule has 32 heavy (non-hydrogen) atoms. The van der Waals surface area contributed by atoms with E-state index >= 15 is 0 Å². The average molecular weight is 473 g/mol. The quantitative estimate of drug-likeness (QED) is 0.565. The minimum absolute atomic E-state index is 0.0176. The number of nitrogens with one attached hydrogen (secondary N) is 1. The molecular weight excluding hydrogens is 452 g/mol. The van der Waals surface area contributed by atoms with E-state index in [1.807, 2.05) is 12.1 Å². The highest BCUT2D eigenvalue weighted by Gasteiger charge is 2.19. The molecule has 166 valence electrons. The molecule has 3 aromatic rings. The summed E-state index contributed by atoms with van der Waals surface area (Å²) in [5.74, 6) is 0.927. The maximum atomic E-state index is 12.8. The molecule has 1 aliphatic rings. The lowest BCUT2D eigenvalue weighted by Crippen LogP contribution is -2.27. The summed E-state index contributed by atoms with van der Waals surface area (Å²) in [5, 5.41) is 0.619. The highest BCUT2D eigenvalue weighted by Crippen LogP contribution is 2.32. The monoisotopic (exact) mass is 472 g/mol. The molecule has 4 rings (SSSR count). The van der Waals surface area contributed by atoms with E-state index in [9.17, 15) is 13.2 Å². The number of halogens is 1. The molecule has 0 atom stereocenters. The van der Waals surface area contributed by atoms with Gasteiger partial charge in [-0.25, -0.2) is 13.1 Å². The number of benzene rings is 3. The maximum Gasteiger partial charge on any atom is 0.253 e. The summed E-state index contributed by atoms with van der Waals surface area (Å²) in [6.07, 6.45) is 0. The fraction of sp³-hybridized carbons (Fsp3) is 0.174. The lowest BCUT2D eigenvalue weighted by atomic mass is 10.1. The lowest BCUT2D eigenvalue weighted by molar-refractivity contribution is 0.0785. The highest BCUT2D eigenvalue weighted by molar-refractivity contribution is 7.89. The molecule has 0 bridgehead atoms. The topological polar surface area (TPSA) is 84.9 Å². The molecule has 0 saturated carbocycles. The summed E-state index contributed by atoms with van der Waals surface area (Å²) < 4.78 is 38.7. The summed E-state index contributed by atoms with van der Waals surface area (Å²) in [5.41, 5.74) is 1.93. The van der Waals surface area contributed by atoms with Gasteiger partial charge in [0.15, 0.2) is 11.5 Å². The van der Waals surface area contributed by atoms with Crippen LogP contribution in [0.15, 0.2) is 71.6 Å². The van der Waals surface area contributed by atoms with Crippen LogP contribution in [0.2, 0.25) is 5.02 Å². The molecule has 9 heteroatoms. The normalized spacial score (nSPS) is 12.6. The molecule has 1 heterocycles. The Bertz CT molecular complexity index is 1250. The molecule has 0 radical (unpaired) electrons. The Morgan fingerprint density at radius 3 is 2.50 bits per heavy atom. The first-order valence-corrected chi connectivity index (χ1v) is 11.7. The van der Waals surface area contributed by atoms with Crippen molar-refractivity contribution in [3.8, 4) is 11.5 Å². The van der Waals surface area contributed by atoms with E-state index in [1.165, 1.54) is 17.0 Å². The summed E-state index contributed by atoms with van der Waals surface area (Å²) in [4.78, 5) is 14.4. The first-order valence-electron chi connectivity index (χ1n) is 9.80. The number of amides is 1. The van der Waals surface area contributed by atoms with Gasteiger partial charge in [-0.1, -0.05) is 35.9 Å². The van der Waals surface area contributed by atoms with Crippen LogP contribution in [0, 0.1) is 0 Å². The van der Waals surface area contributed by atoms with Gasteiger partial charge in [-0.05, 0) is 53.6 Å². The van der Waals surface area contributed by atoms with Crippen molar-refractivity contribution in [3.63, 3.8) is 0 Å². The van der Waals surface area contributed by atoms with E-state index in [1.54, 1.807) is 49.5 Å². The summed E-state index contributed by atoms with van der Waals surface area (Å²) in [6, 6.07) is 18.4. The average Bonchev–Trinajstić information content (AvgIpc) is 3.27. The van der Waals surface area contributed by atoms with Crippen molar-refractivity contribution in [2.24, 2.45) is 0 Å². The SMILES string of the molecule is CN(Cc1ccc(Cl)cc1)C(=O)c1cccc(S(=O)(=O)NCc2ccc3c(c2)OCO3)c1. The summed E-state index contributed by atoms with van der Waals surface area (Å²) in [7, 11) is -2.16. The zero-order valence-corrected chi connectivity index (χ0v) is 18.8. The van der Waals surface area contributed by atoms with Crippen molar-refractivity contribution in [1.82, 2.24) is 9.62 Å². The molecular formula is C23H21ClN2O5S. The number of sulfonamides is 1. The number of hydrogen-bond donors (Lipinski definition) is 1. The van der Waals surface area contributed by atoms with Gasteiger partial charge in [0.05, 0.1) is 4.90 Å². The first kappa shape index (κ1) is 22.1. The van der Waals surface area contributed by atoms with Crippen LogP contribution in [0.1, 0.15) is 21.5 Å². The first-order chi connectivity index (χ1) is 15.3. The Labute approximate surface area is 191 Å². The third kappa shape index (κ3) is 5.04. The van der Waals surface area contributed by atoms with Gasteiger partial charge in [-0.15, -0.1) is 0 Å². The predicted octanol–water partition coefficient (Wildman–Crippen LogP) is 3.82. The largest absolute Gasteiger partial charge is 0.454 e. The van der Waals surface area contributed by atoms with Gasteiger partial charge >= 0.3 is 0 Å². The van der Waals surface area contributed by atoms with Crippen molar-refractivity contribution < 1.29 is 22.7 Å². The van der Waals surface area contributed by atoms with Crippen LogP contribution in [-0.4, -0.2) is 33.1 Å². The molecule has 0 fully saturated rings. The lowest BCUT2D eigenvalue weighted by Gasteiger charge is -2.18. The Hall–Kier alpha value is -3.07. The number of carbonyl (C=O) groups excluding carboxylic acids is 1. The van der Waals surface area contributed by atoms with Crippen molar-refractivity contribution in [3.05, 3.63) is 88.4 Å². The Kier molecular flexibility index (Phi) is 6.36. The van der Waals surface area contributed by atoms with Crippen molar-refractivity contribution in [1.29, 1.82) is 0 Å². The fourth-order valence-electron chi connectivity index (χ4n) is 3.26. The van der Waals surface area contributed by atoms with E-state index in [2.05, 4.69) is 4.72 Å². The van der Waals surface area contributed by atoms with Crippen molar-refractivity contribution in [2.75, 3.05) is 13.8 Å². The number of rotatable bonds is 7. The second-order valence-electron chi connectivity index (χ2n) is 7.33. The van der Waals surface area contributed by atoms with E-state index in [4.69, 9.17) is 21.1 Å². The van der Waals surface area contributed by atoms with Crippen LogP contribution < -0.4 is 14.2 Å². The Morgan fingerprint density at radius 1 is 1.00 bits per heavy atom. The van der Waals surface area contributed by atoms with Crippen LogP contribution in [0.25, 0.3) is 0 Å². The smallest absolute Gasteiger partial charge is 0.253 e. The fourth-order valence-corrected chi connectivity index (χ4v) is 4.45. The standard InChI is InChI=1S/C23H21ClN2O5S/c1-26(14-16-5-8-19(24)9-6-16)23(27)18-3-2-4-20(12-18)32(28,29)25-13-17-7-10-21-22(11-17)31-15-30-21/h2-12,25H,13-15H2,1H3. The molecule has 0 aliphatic carbocycles. The number of ether oxygens (including phenoxy) is 2. The molecule has 0 aromatic heterocycles. The van der Waals surface area contributed by atoms with Crippen LogP contribution in [-0.2, 0) is 23.1 Å². The van der Waals surface area contributed by atoms with Crippen LogP contribution in [0.5, 0.6) is 11.5 Å². The second kappa shape index (κ2) is 9.20. The molecule has 7 nitrogen and oxygen atoms in total. The summed E-state index contributed by atoms with van der Waals surface area (Å²) >= 11 is 5.90. The minimum Gasteiger partial charge on any atom is -0.454 e. The van der Waals surface area contributed by atoms with Crippen molar-refractivity contribution >= 4 is 27.5 Å². The minimum atomic E-state index is -3.83. The molecule has 0 unspecified atom stereocenters. The molecule has 1 aliphatic heterocycles. The number of nitrogens with zero attached hydrogens (tertiary/aromatic N) is 1. The van der Waals surface area contributed by atoms with Crippen LogP contribution >= 0.6 is 11.6 Å². The zero-order chi connectivity index (χ0) is 22.7. The molecule has 0 saturated heterocycles. The van der Waals surface area contributed by atoms with Crippen LogP contribution in [0.4, 0.5) is 0 Å². The van der Waals surface area contributed by atoms with E-state index in [0.717, 1.165) is 11.1 Å². The van der Waals surface area contributed by atoms with E-state index in [-0.39, 0.29) is 29.7 Å². The Morgan fingerprint density at radius 2 is 1.72 bits per heavy atom. The number of fused-ring (bicyclic) bond motifs is 1. The molecule has 3 aromatic carbocycles. The molecule has 1 amide bonds. The van der Waals surface area contributed by atoms with E-state index < -0.39 is 10.0 Å². The van der Waals surface area contributed by atoms with Gasteiger partial charge in [-0.2, -0.15) is 0 Å². The third-order valence-corrected chi connectivity index (χ3v) is 6.63. The van der Waals surface area contributed by atoms with Gasteiger partial charge in [-0.3, -0.25) is 4.79 Å². The molecule has 1 N–H and O–H groups in total. The van der Waals surface area contributed by atoms with E-state index in [0.29, 0.717) is 23.1 Å². The van der Waals surface area contributed by atoms with Gasteiger partial charge in [0.2, 0.25) is 16.8 Å². The third-order valence-electron chi connectivity index (χ3n) is 4.97. The number of carbonyl (C=O) groups is 1. The van der Waals surface area contributed by atoms with Gasteiger partial charge in [0, 0.05) is 30.7 Å². The van der Waals surface area contributed by atoms with Gasteiger partial charge < -0.3 is 14.4 Å². The second-order valence-corrected chi connectivity index (χ2v) is 9.53. The highest BCUT2D eigenvalue weighted by atomic mass is 35.5. The van der Waals surface area contributed by atoms with Gasteiger partial charge in [0.25, 0.3) is 5.91 Å². The molecule has 0 spiro atoms. The predicted molar refractivity (Wildman–Crippen MR) is 120 cm³/mol. The maximum absolute atomic E-state index is 12.8. The van der Waals surface area contributed by atoms with Gasteiger partial charge in [0.1, 0.15) is 0 Å². The van der Waals surface area contributed by atoms with Crippen LogP contribution in [0.3, 0.4) is 0 Å².